The lowest BCUT2D eigenvalue weighted by Crippen LogP contribution is -2.32. The molecule has 0 radical (unpaired) electrons. The number of rotatable bonds is 1. The van der Waals surface area contributed by atoms with E-state index in [1.165, 1.54) is 18.4 Å². The second-order valence-corrected chi connectivity index (χ2v) is 7.11. The summed E-state index contributed by atoms with van der Waals surface area (Å²) >= 11 is 0. The zero-order chi connectivity index (χ0) is 13.1. The highest BCUT2D eigenvalue weighted by atomic mass is 16.3. The summed E-state index contributed by atoms with van der Waals surface area (Å²) in [5.41, 5.74) is 2.82. The second kappa shape index (κ2) is 3.76. The van der Waals surface area contributed by atoms with Crippen molar-refractivity contribution >= 4 is 0 Å². The van der Waals surface area contributed by atoms with E-state index in [-0.39, 0.29) is 0 Å². The molecule has 0 unspecified atom stereocenters. The summed E-state index contributed by atoms with van der Waals surface area (Å²) in [6.45, 7) is 9.29. The number of aromatic hydroxyl groups is 1. The first-order chi connectivity index (χ1) is 8.41. The first-order valence-electron chi connectivity index (χ1n) is 7.20. The Labute approximate surface area is 110 Å². The minimum absolute atomic E-state index is 0.488. The molecule has 1 aromatic rings. The highest BCUT2D eigenvalue weighted by Crippen LogP contribution is 2.64. The van der Waals surface area contributed by atoms with Crippen LogP contribution in [0.3, 0.4) is 0 Å². The molecule has 1 aromatic carbocycles. The number of hydrogen-bond donors (Lipinski definition) is 1. The SMILES string of the molecule is Cc1ccc([C@H]2C[C@H]3C[C@@H]2[C@H](C)C3(C)C)c(O)c1. The van der Waals surface area contributed by atoms with Gasteiger partial charge in [0.05, 0.1) is 0 Å². The van der Waals surface area contributed by atoms with E-state index in [0.717, 1.165) is 23.3 Å². The van der Waals surface area contributed by atoms with Gasteiger partial charge in [0.1, 0.15) is 5.75 Å². The van der Waals surface area contributed by atoms with Crippen molar-refractivity contribution in [2.24, 2.45) is 23.2 Å². The molecule has 2 aliphatic rings. The number of benzene rings is 1. The van der Waals surface area contributed by atoms with Crippen molar-refractivity contribution in [1.82, 2.24) is 0 Å². The third-order valence-electron chi connectivity index (χ3n) is 6.07. The summed E-state index contributed by atoms with van der Waals surface area (Å²) in [6.07, 6.45) is 2.62. The zero-order valence-corrected chi connectivity index (χ0v) is 11.9. The lowest BCUT2D eigenvalue weighted by atomic mass is 9.65. The molecule has 3 rings (SSSR count). The Kier molecular flexibility index (Phi) is 2.52. The van der Waals surface area contributed by atoms with Crippen LogP contribution in [0, 0.1) is 30.1 Å². The summed E-state index contributed by atoms with van der Waals surface area (Å²) < 4.78 is 0. The average molecular weight is 244 g/mol. The number of phenols is 1. The molecule has 0 aliphatic heterocycles. The normalized spacial score (nSPS) is 37.1. The molecule has 1 heteroatoms. The van der Waals surface area contributed by atoms with Gasteiger partial charge in [0.15, 0.2) is 0 Å². The maximum atomic E-state index is 10.2. The maximum Gasteiger partial charge on any atom is 0.119 e. The van der Waals surface area contributed by atoms with Gasteiger partial charge in [0.25, 0.3) is 0 Å². The van der Waals surface area contributed by atoms with Crippen LogP contribution in [0.25, 0.3) is 0 Å². The topological polar surface area (TPSA) is 20.2 Å². The Balaban J connectivity index is 1.93. The van der Waals surface area contributed by atoms with Gasteiger partial charge < -0.3 is 5.11 Å². The van der Waals surface area contributed by atoms with Crippen molar-refractivity contribution in [2.45, 2.75) is 46.5 Å². The number of phenolic OH excluding ortho intramolecular Hbond substituents is 1. The first-order valence-corrected chi connectivity index (χ1v) is 7.20. The molecule has 1 N–H and O–H groups in total. The molecular weight excluding hydrogens is 220 g/mol. The first kappa shape index (κ1) is 12.1. The maximum absolute atomic E-state index is 10.2. The van der Waals surface area contributed by atoms with Gasteiger partial charge in [0.2, 0.25) is 0 Å². The smallest absolute Gasteiger partial charge is 0.119 e. The van der Waals surface area contributed by atoms with Crippen molar-refractivity contribution in [3.05, 3.63) is 29.3 Å². The molecule has 1 nitrogen and oxygen atoms in total. The molecule has 18 heavy (non-hydrogen) atoms. The fraction of sp³-hybridized carbons (Fsp3) is 0.647. The Morgan fingerprint density at radius 2 is 1.94 bits per heavy atom. The van der Waals surface area contributed by atoms with Crippen molar-refractivity contribution < 1.29 is 5.11 Å². The van der Waals surface area contributed by atoms with Crippen LogP contribution in [0.15, 0.2) is 18.2 Å². The van der Waals surface area contributed by atoms with Crippen LogP contribution in [-0.4, -0.2) is 5.11 Å². The average Bonchev–Trinajstić information content (AvgIpc) is 2.79. The van der Waals surface area contributed by atoms with Gasteiger partial charge in [-0.1, -0.05) is 32.9 Å². The molecule has 0 heterocycles. The predicted octanol–water partition coefficient (Wildman–Crippen LogP) is 4.49. The molecule has 98 valence electrons. The predicted molar refractivity (Wildman–Crippen MR) is 74.7 cm³/mol. The van der Waals surface area contributed by atoms with E-state index in [1.807, 2.05) is 13.0 Å². The highest BCUT2D eigenvalue weighted by molar-refractivity contribution is 5.40. The lowest BCUT2D eigenvalue weighted by Gasteiger charge is -2.40. The van der Waals surface area contributed by atoms with Gasteiger partial charge in [-0.2, -0.15) is 0 Å². The number of fused-ring (bicyclic) bond motifs is 2. The Bertz CT molecular complexity index is 470. The second-order valence-electron chi connectivity index (χ2n) is 7.11. The zero-order valence-electron chi connectivity index (χ0n) is 11.9. The quantitative estimate of drug-likeness (QED) is 0.772. The Morgan fingerprint density at radius 3 is 2.50 bits per heavy atom. The van der Waals surface area contributed by atoms with Crippen molar-refractivity contribution in [2.75, 3.05) is 0 Å². The summed E-state index contributed by atoms with van der Waals surface area (Å²) in [5.74, 6) is 3.46. The molecule has 4 atom stereocenters. The number of aryl methyl sites for hydroxylation is 1. The fourth-order valence-electron chi connectivity index (χ4n) is 4.48. The minimum atomic E-state index is 0.488. The lowest BCUT2D eigenvalue weighted by molar-refractivity contribution is 0.121. The largest absolute Gasteiger partial charge is 0.508 e. The molecule has 0 saturated heterocycles. The Morgan fingerprint density at radius 1 is 1.22 bits per heavy atom. The third kappa shape index (κ3) is 1.52. The van der Waals surface area contributed by atoms with Crippen LogP contribution < -0.4 is 0 Å². The standard InChI is InChI=1S/C17H24O/c1-10-5-6-13(16(18)7-10)15-9-12-8-14(15)11(2)17(12,3)4/h5-7,11-12,14-15,18H,8-9H2,1-4H3/t11-,12+,14+,15+/m0/s1. The van der Waals surface area contributed by atoms with E-state index in [1.54, 1.807) is 0 Å². The van der Waals surface area contributed by atoms with Crippen LogP contribution in [0.4, 0.5) is 0 Å². The third-order valence-corrected chi connectivity index (χ3v) is 6.07. The molecule has 2 bridgehead atoms. The summed E-state index contributed by atoms with van der Waals surface area (Å²) in [6, 6.07) is 6.20. The minimum Gasteiger partial charge on any atom is -0.508 e. The molecule has 0 amide bonds. The van der Waals surface area contributed by atoms with E-state index in [4.69, 9.17) is 0 Å². The number of hydrogen-bond acceptors (Lipinski definition) is 1. The monoisotopic (exact) mass is 244 g/mol. The highest BCUT2D eigenvalue weighted by Gasteiger charge is 2.55. The molecule has 2 aliphatic carbocycles. The van der Waals surface area contributed by atoms with E-state index in [2.05, 4.69) is 32.9 Å². The van der Waals surface area contributed by atoms with Crippen molar-refractivity contribution in [3.8, 4) is 5.75 Å². The van der Waals surface area contributed by atoms with Crippen molar-refractivity contribution in [1.29, 1.82) is 0 Å². The van der Waals surface area contributed by atoms with Crippen LogP contribution in [0.5, 0.6) is 5.75 Å². The van der Waals surface area contributed by atoms with Crippen molar-refractivity contribution in [3.63, 3.8) is 0 Å². The molecular formula is C17H24O. The van der Waals surface area contributed by atoms with E-state index < -0.39 is 0 Å². The van der Waals surface area contributed by atoms with Gasteiger partial charge >= 0.3 is 0 Å². The van der Waals surface area contributed by atoms with Crippen LogP contribution in [0.1, 0.15) is 50.7 Å². The molecule has 0 spiro atoms. The molecule has 2 saturated carbocycles. The van der Waals surface area contributed by atoms with Gasteiger partial charge in [-0.25, -0.2) is 0 Å². The van der Waals surface area contributed by atoms with E-state index in [9.17, 15) is 5.11 Å². The molecule has 2 fully saturated rings. The van der Waals surface area contributed by atoms with Gasteiger partial charge in [-0.05, 0) is 66.0 Å². The van der Waals surface area contributed by atoms with Gasteiger partial charge in [-0.3, -0.25) is 0 Å². The molecule has 0 aromatic heterocycles. The van der Waals surface area contributed by atoms with Gasteiger partial charge in [0, 0.05) is 0 Å². The van der Waals surface area contributed by atoms with E-state index >= 15 is 0 Å². The van der Waals surface area contributed by atoms with E-state index in [0.29, 0.717) is 17.1 Å². The van der Waals surface area contributed by atoms with Gasteiger partial charge in [-0.15, -0.1) is 0 Å². The van der Waals surface area contributed by atoms with Crippen LogP contribution in [0.2, 0.25) is 0 Å². The van der Waals surface area contributed by atoms with Crippen LogP contribution >= 0.6 is 0 Å². The van der Waals surface area contributed by atoms with Crippen LogP contribution in [-0.2, 0) is 0 Å². The summed E-state index contributed by atoms with van der Waals surface area (Å²) in [5, 5.41) is 10.2. The summed E-state index contributed by atoms with van der Waals surface area (Å²) in [7, 11) is 0. The fourth-order valence-corrected chi connectivity index (χ4v) is 4.48. The Hall–Kier alpha value is -0.980. The summed E-state index contributed by atoms with van der Waals surface area (Å²) in [4.78, 5) is 0.